The second-order valence-electron chi connectivity index (χ2n) is 5.68. The summed E-state index contributed by atoms with van der Waals surface area (Å²) < 4.78 is 7.18. The third-order valence-electron chi connectivity index (χ3n) is 4.39. The van der Waals surface area contributed by atoms with Gasteiger partial charge in [-0.3, -0.25) is 4.98 Å². The molecular weight excluding hydrogens is 256 g/mol. The van der Waals surface area contributed by atoms with E-state index in [1.807, 2.05) is 6.20 Å². The number of nitrogens with one attached hydrogen (secondary N) is 1. The summed E-state index contributed by atoms with van der Waals surface area (Å²) in [6.45, 7) is 2.22. The van der Waals surface area contributed by atoms with Gasteiger partial charge >= 0.3 is 0 Å². The highest BCUT2D eigenvalue weighted by Gasteiger charge is 2.41. The van der Waals surface area contributed by atoms with Gasteiger partial charge in [0.15, 0.2) is 0 Å². The molecular formula is C15H18N2OS. The van der Waals surface area contributed by atoms with Crippen LogP contribution in [0.25, 0.3) is 10.2 Å². The van der Waals surface area contributed by atoms with Crippen LogP contribution in [-0.4, -0.2) is 23.2 Å². The molecule has 3 nitrogen and oxygen atoms in total. The Morgan fingerprint density at radius 1 is 1.47 bits per heavy atom. The maximum absolute atomic E-state index is 5.90. The Kier molecular flexibility index (Phi) is 2.83. The molecule has 2 aliphatic rings. The number of thiophene rings is 1. The summed E-state index contributed by atoms with van der Waals surface area (Å²) in [4.78, 5) is 4.52. The summed E-state index contributed by atoms with van der Waals surface area (Å²) in [6.07, 6.45) is 6.58. The van der Waals surface area contributed by atoms with Gasteiger partial charge in [0.25, 0.3) is 0 Å². The van der Waals surface area contributed by atoms with Crippen molar-refractivity contribution in [2.75, 3.05) is 0 Å². The van der Waals surface area contributed by atoms with E-state index in [-0.39, 0.29) is 0 Å². The molecule has 2 fully saturated rings. The van der Waals surface area contributed by atoms with Crippen molar-refractivity contribution in [3.05, 3.63) is 29.3 Å². The van der Waals surface area contributed by atoms with Gasteiger partial charge in [-0.15, -0.1) is 11.3 Å². The molecule has 19 heavy (non-hydrogen) atoms. The topological polar surface area (TPSA) is 34.1 Å². The van der Waals surface area contributed by atoms with E-state index in [1.165, 1.54) is 29.5 Å². The fraction of sp³-hybridized carbons (Fsp3) is 0.533. The summed E-state index contributed by atoms with van der Waals surface area (Å²) in [6, 6.07) is 5.20. The second-order valence-corrected chi connectivity index (χ2v) is 6.62. The van der Waals surface area contributed by atoms with Gasteiger partial charge in [0.1, 0.15) is 0 Å². The first-order valence-corrected chi connectivity index (χ1v) is 7.92. The highest BCUT2D eigenvalue weighted by Crippen LogP contribution is 2.35. The molecule has 4 heteroatoms. The molecule has 0 spiro atoms. The highest BCUT2D eigenvalue weighted by atomic mass is 32.1. The van der Waals surface area contributed by atoms with E-state index >= 15 is 0 Å². The lowest BCUT2D eigenvalue weighted by Crippen LogP contribution is -2.39. The van der Waals surface area contributed by atoms with Crippen LogP contribution >= 0.6 is 11.3 Å². The fourth-order valence-electron chi connectivity index (χ4n) is 3.33. The minimum Gasteiger partial charge on any atom is -0.373 e. The zero-order chi connectivity index (χ0) is 12.8. The maximum atomic E-state index is 5.90. The van der Waals surface area contributed by atoms with Gasteiger partial charge in [0.2, 0.25) is 0 Å². The standard InChI is InChI=1S/C15H18N2OS/c1-9(17-13-7-11-2-3-14(13)18-11)10-6-15-12(16-8-10)4-5-19-15/h4-6,8-9,11,13-14,17H,2-3,7H2,1H3. The Labute approximate surface area is 117 Å². The van der Waals surface area contributed by atoms with Gasteiger partial charge in [-0.1, -0.05) is 0 Å². The van der Waals surface area contributed by atoms with Crippen molar-refractivity contribution in [2.45, 2.75) is 50.5 Å². The number of hydrogen-bond donors (Lipinski definition) is 1. The minimum absolute atomic E-state index is 0.340. The quantitative estimate of drug-likeness (QED) is 0.932. The van der Waals surface area contributed by atoms with E-state index < -0.39 is 0 Å². The SMILES string of the molecule is CC(NC1CC2CCC1O2)c1cnc2ccsc2c1. The molecule has 0 amide bonds. The minimum atomic E-state index is 0.340. The van der Waals surface area contributed by atoms with Crippen LogP contribution in [0.3, 0.4) is 0 Å². The Morgan fingerprint density at radius 3 is 3.21 bits per heavy atom. The van der Waals surface area contributed by atoms with Crippen molar-refractivity contribution in [1.82, 2.24) is 10.3 Å². The highest BCUT2D eigenvalue weighted by molar-refractivity contribution is 7.17. The number of hydrogen-bond acceptors (Lipinski definition) is 4. The van der Waals surface area contributed by atoms with Crippen molar-refractivity contribution in [2.24, 2.45) is 0 Å². The number of ether oxygens (including phenoxy) is 1. The lowest BCUT2D eigenvalue weighted by Gasteiger charge is -2.24. The molecule has 2 aromatic heterocycles. The first kappa shape index (κ1) is 11.8. The van der Waals surface area contributed by atoms with Crippen molar-refractivity contribution in [1.29, 1.82) is 0 Å². The van der Waals surface area contributed by atoms with E-state index in [9.17, 15) is 0 Å². The summed E-state index contributed by atoms with van der Waals surface area (Å²) in [5.74, 6) is 0. The Morgan fingerprint density at radius 2 is 2.42 bits per heavy atom. The zero-order valence-corrected chi connectivity index (χ0v) is 11.8. The molecule has 4 unspecified atom stereocenters. The summed E-state index contributed by atoms with van der Waals surface area (Å²) in [5, 5.41) is 5.82. The molecule has 1 N–H and O–H groups in total. The Balaban J connectivity index is 1.51. The van der Waals surface area contributed by atoms with Crippen molar-refractivity contribution >= 4 is 21.6 Å². The van der Waals surface area contributed by atoms with Gasteiger partial charge in [0.05, 0.1) is 22.4 Å². The Bertz CT molecular complexity index is 597. The van der Waals surface area contributed by atoms with Crippen molar-refractivity contribution in [3.63, 3.8) is 0 Å². The molecule has 4 heterocycles. The molecule has 2 aromatic rings. The van der Waals surface area contributed by atoms with Crippen LogP contribution in [0.1, 0.15) is 37.8 Å². The summed E-state index contributed by atoms with van der Waals surface area (Å²) in [5.41, 5.74) is 2.38. The molecule has 4 rings (SSSR count). The molecule has 0 aliphatic carbocycles. The molecule has 0 aromatic carbocycles. The normalized spacial score (nSPS) is 31.1. The average Bonchev–Trinajstić information content (AvgIpc) is 3.13. The molecule has 2 aliphatic heterocycles. The second kappa shape index (κ2) is 4.54. The largest absolute Gasteiger partial charge is 0.373 e. The van der Waals surface area contributed by atoms with Crippen LogP contribution in [0.2, 0.25) is 0 Å². The first-order valence-electron chi connectivity index (χ1n) is 7.04. The number of nitrogens with zero attached hydrogens (tertiary/aromatic N) is 1. The number of aromatic nitrogens is 1. The summed E-state index contributed by atoms with van der Waals surface area (Å²) >= 11 is 1.76. The molecule has 0 radical (unpaired) electrons. The van der Waals surface area contributed by atoms with E-state index in [2.05, 4.69) is 34.7 Å². The Hall–Kier alpha value is -0.970. The summed E-state index contributed by atoms with van der Waals surface area (Å²) in [7, 11) is 0. The van der Waals surface area contributed by atoms with Gasteiger partial charge in [-0.2, -0.15) is 0 Å². The molecule has 4 atom stereocenters. The third-order valence-corrected chi connectivity index (χ3v) is 5.25. The zero-order valence-electron chi connectivity index (χ0n) is 11.0. The third kappa shape index (κ3) is 2.08. The van der Waals surface area contributed by atoms with Gasteiger partial charge in [-0.25, -0.2) is 0 Å². The van der Waals surface area contributed by atoms with Crippen LogP contribution in [0.15, 0.2) is 23.7 Å². The van der Waals surface area contributed by atoms with Crippen LogP contribution in [0.4, 0.5) is 0 Å². The predicted octanol–water partition coefficient (Wildman–Crippen LogP) is 3.27. The maximum Gasteiger partial charge on any atom is 0.0809 e. The van der Waals surface area contributed by atoms with E-state index in [4.69, 9.17) is 4.74 Å². The predicted molar refractivity (Wildman–Crippen MR) is 77.5 cm³/mol. The average molecular weight is 274 g/mol. The van der Waals surface area contributed by atoms with Gasteiger partial charge < -0.3 is 10.1 Å². The number of rotatable bonds is 3. The van der Waals surface area contributed by atoms with Crippen molar-refractivity contribution in [3.8, 4) is 0 Å². The van der Waals surface area contributed by atoms with Crippen LogP contribution in [0.5, 0.6) is 0 Å². The number of fused-ring (bicyclic) bond motifs is 3. The van der Waals surface area contributed by atoms with E-state index in [0.29, 0.717) is 24.3 Å². The van der Waals surface area contributed by atoms with E-state index in [1.54, 1.807) is 11.3 Å². The first-order chi connectivity index (χ1) is 9.29. The van der Waals surface area contributed by atoms with E-state index in [0.717, 1.165) is 5.52 Å². The molecule has 0 saturated carbocycles. The molecule has 100 valence electrons. The lowest BCUT2D eigenvalue weighted by atomic mass is 9.94. The number of pyridine rings is 1. The van der Waals surface area contributed by atoms with Crippen molar-refractivity contribution < 1.29 is 4.74 Å². The molecule has 2 bridgehead atoms. The molecule has 2 saturated heterocycles. The van der Waals surface area contributed by atoms with Gasteiger partial charge in [-0.05, 0) is 49.3 Å². The smallest absolute Gasteiger partial charge is 0.0809 e. The van der Waals surface area contributed by atoms with Crippen LogP contribution in [-0.2, 0) is 4.74 Å². The van der Waals surface area contributed by atoms with Crippen LogP contribution in [0, 0.1) is 0 Å². The monoisotopic (exact) mass is 274 g/mol. The van der Waals surface area contributed by atoms with Crippen LogP contribution < -0.4 is 5.32 Å². The lowest BCUT2D eigenvalue weighted by molar-refractivity contribution is 0.0962. The van der Waals surface area contributed by atoms with Gasteiger partial charge in [0, 0.05) is 18.3 Å². The fourth-order valence-corrected chi connectivity index (χ4v) is 4.12.